The highest BCUT2D eigenvalue weighted by Crippen LogP contribution is 2.31. The van der Waals surface area contributed by atoms with Crippen LogP contribution in [-0.4, -0.2) is 21.8 Å². The van der Waals surface area contributed by atoms with Gasteiger partial charge in [0.15, 0.2) is 5.76 Å². The highest BCUT2D eigenvalue weighted by Gasteiger charge is 2.14. The summed E-state index contributed by atoms with van der Waals surface area (Å²) in [5, 5.41) is 14.4. The molecule has 0 aliphatic heterocycles. The maximum Gasteiger partial charge on any atom is 0.307 e. The van der Waals surface area contributed by atoms with Gasteiger partial charge in [-0.1, -0.05) is 15.9 Å². The zero-order chi connectivity index (χ0) is 21.4. The quantitative estimate of drug-likeness (QED) is 0.257. The van der Waals surface area contributed by atoms with Gasteiger partial charge in [-0.15, -0.1) is 0 Å². The number of furan rings is 1. The number of hydrogen-bond acceptors (Lipinski definition) is 4. The average Bonchev–Trinajstić information content (AvgIpc) is 3.24. The van der Waals surface area contributed by atoms with Gasteiger partial charge in [-0.05, 0) is 78.3 Å². The van der Waals surface area contributed by atoms with Gasteiger partial charge >= 0.3 is 5.91 Å². The summed E-state index contributed by atoms with van der Waals surface area (Å²) < 4.78 is 9.35. The van der Waals surface area contributed by atoms with E-state index in [1.54, 1.807) is 24.4 Å². The van der Waals surface area contributed by atoms with Crippen LogP contribution in [0.15, 0.2) is 67.0 Å². The van der Waals surface area contributed by atoms with Gasteiger partial charge in [0.1, 0.15) is 11.3 Å². The predicted molar refractivity (Wildman–Crippen MR) is 124 cm³/mol. The van der Waals surface area contributed by atoms with Crippen LogP contribution in [0, 0.1) is 13.8 Å². The van der Waals surface area contributed by atoms with Crippen molar-refractivity contribution in [1.82, 2.24) is 9.99 Å². The molecule has 0 aliphatic carbocycles. The molecule has 0 spiro atoms. The third-order valence-electron chi connectivity index (χ3n) is 4.71. The zero-order valence-electron chi connectivity index (χ0n) is 16.1. The lowest BCUT2D eigenvalue weighted by molar-refractivity contribution is 0.0929. The van der Waals surface area contributed by atoms with E-state index in [2.05, 4.69) is 47.0 Å². The van der Waals surface area contributed by atoms with Crippen LogP contribution in [0.25, 0.3) is 16.7 Å². The molecule has 0 aliphatic rings. The topological polar surface area (TPSA) is 79.8 Å². The fourth-order valence-corrected chi connectivity index (χ4v) is 4.66. The van der Waals surface area contributed by atoms with Crippen LogP contribution in [0.1, 0.15) is 27.5 Å². The first-order chi connectivity index (χ1) is 14.3. The first-order valence-corrected chi connectivity index (χ1v) is 10.6. The van der Waals surface area contributed by atoms with Gasteiger partial charge in [0.25, 0.3) is 0 Å². The molecular formula is C22H17Br2N3O3. The number of nitrogens with one attached hydrogen (secondary N) is 1. The fourth-order valence-electron chi connectivity index (χ4n) is 3.32. The Morgan fingerprint density at radius 2 is 1.87 bits per heavy atom. The second-order valence-electron chi connectivity index (χ2n) is 6.79. The summed E-state index contributed by atoms with van der Waals surface area (Å²) in [6.07, 6.45) is 1.60. The predicted octanol–water partition coefficient (Wildman–Crippen LogP) is 5.83. The molecule has 0 radical (unpaired) electrons. The minimum Gasteiger partial charge on any atom is -0.508 e. The summed E-state index contributed by atoms with van der Waals surface area (Å²) in [7, 11) is 0. The molecule has 152 valence electrons. The molecule has 0 saturated heterocycles. The van der Waals surface area contributed by atoms with Crippen LogP contribution in [0.3, 0.4) is 0 Å². The summed E-state index contributed by atoms with van der Waals surface area (Å²) in [4.78, 5) is 12.4. The number of carbonyl (C=O) groups excluding carboxylic acids is 1. The number of phenolic OH excluding ortho intramolecular Hbond substituents is 1. The Bertz CT molecular complexity index is 1290. The number of amides is 1. The summed E-state index contributed by atoms with van der Waals surface area (Å²) >= 11 is 6.85. The monoisotopic (exact) mass is 529 g/mol. The van der Waals surface area contributed by atoms with Gasteiger partial charge in [0.05, 0.1) is 10.7 Å². The maximum atomic E-state index is 12.4. The normalized spacial score (nSPS) is 11.5. The largest absolute Gasteiger partial charge is 0.508 e. The smallest absolute Gasteiger partial charge is 0.307 e. The van der Waals surface area contributed by atoms with Crippen LogP contribution < -0.4 is 5.43 Å². The number of aryl methyl sites for hydroxylation is 1. The van der Waals surface area contributed by atoms with Crippen LogP contribution in [0.2, 0.25) is 0 Å². The Kier molecular flexibility index (Phi) is 5.53. The van der Waals surface area contributed by atoms with E-state index in [1.165, 1.54) is 0 Å². The third kappa shape index (κ3) is 3.93. The Hall–Kier alpha value is -2.84. The van der Waals surface area contributed by atoms with Gasteiger partial charge in [0, 0.05) is 32.5 Å². The SMILES string of the molecule is Cc1cc(/C=N\NC(=O)c2cc3cc(Br)cc(Br)c3o2)c(C)n1-c1ccc(O)cc1. The second kappa shape index (κ2) is 8.12. The van der Waals surface area contributed by atoms with E-state index in [9.17, 15) is 9.90 Å². The Morgan fingerprint density at radius 1 is 1.13 bits per heavy atom. The number of halogens is 2. The van der Waals surface area contributed by atoms with Crippen molar-refractivity contribution >= 4 is 55.0 Å². The molecule has 2 aromatic carbocycles. The summed E-state index contributed by atoms with van der Waals surface area (Å²) in [6, 6.07) is 14.4. The number of fused-ring (bicyclic) bond motifs is 1. The first kappa shape index (κ1) is 20.4. The standard InChI is InChI=1S/C22H17Br2N3O3/c1-12-7-15(13(2)27(12)17-3-5-18(28)6-4-17)11-25-26-22(29)20-9-14-8-16(23)10-19(24)21(14)30-20/h3-11,28H,1-2H3,(H,26,29)/b25-11-. The molecule has 4 aromatic rings. The fraction of sp³-hybridized carbons (Fsp3) is 0.0909. The molecule has 2 aromatic heterocycles. The Balaban J connectivity index is 1.53. The maximum absolute atomic E-state index is 12.4. The van der Waals surface area contributed by atoms with E-state index in [0.717, 1.165) is 37.0 Å². The van der Waals surface area contributed by atoms with Crippen molar-refractivity contribution in [2.24, 2.45) is 5.10 Å². The lowest BCUT2D eigenvalue weighted by Gasteiger charge is -2.09. The highest BCUT2D eigenvalue weighted by atomic mass is 79.9. The van der Waals surface area contributed by atoms with Gasteiger partial charge in [-0.3, -0.25) is 4.79 Å². The molecule has 0 bridgehead atoms. The van der Waals surface area contributed by atoms with Crippen LogP contribution in [0.5, 0.6) is 5.75 Å². The second-order valence-corrected chi connectivity index (χ2v) is 8.56. The van der Waals surface area contributed by atoms with E-state index in [-0.39, 0.29) is 11.5 Å². The van der Waals surface area contributed by atoms with Crippen LogP contribution >= 0.6 is 31.9 Å². The molecule has 4 rings (SSSR count). The number of aromatic hydroxyl groups is 1. The number of hydrazone groups is 1. The van der Waals surface area contributed by atoms with Crippen LogP contribution in [-0.2, 0) is 0 Å². The van der Waals surface area contributed by atoms with E-state index in [0.29, 0.717) is 5.58 Å². The highest BCUT2D eigenvalue weighted by molar-refractivity contribution is 9.11. The van der Waals surface area contributed by atoms with E-state index in [4.69, 9.17) is 4.42 Å². The van der Waals surface area contributed by atoms with E-state index < -0.39 is 5.91 Å². The van der Waals surface area contributed by atoms with Gasteiger partial charge < -0.3 is 14.1 Å². The van der Waals surface area contributed by atoms with Gasteiger partial charge in [-0.2, -0.15) is 5.10 Å². The molecule has 0 fully saturated rings. The number of phenols is 1. The minimum atomic E-state index is -0.433. The molecule has 0 unspecified atom stereocenters. The summed E-state index contributed by atoms with van der Waals surface area (Å²) in [5.41, 5.74) is 6.90. The van der Waals surface area contributed by atoms with Crippen molar-refractivity contribution in [3.05, 3.63) is 80.2 Å². The molecule has 0 atom stereocenters. The molecule has 6 nitrogen and oxygen atoms in total. The number of nitrogens with zero attached hydrogens (tertiary/aromatic N) is 2. The van der Waals surface area contributed by atoms with Crippen LogP contribution in [0.4, 0.5) is 0 Å². The number of aromatic nitrogens is 1. The lowest BCUT2D eigenvalue weighted by atomic mass is 10.2. The molecule has 0 saturated carbocycles. The van der Waals surface area contributed by atoms with Gasteiger partial charge in [-0.25, -0.2) is 5.43 Å². The van der Waals surface area contributed by atoms with Crippen molar-refractivity contribution in [1.29, 1.82) is 0 Å². The number of carbonyl (C=O) groups is 1. The molecule has 8 heteroatoms. The van der Waals surface area contributed by atoms with Crippen molar-refractivity contribution < 1.29 is 14.3 Å². The van der Waals surface area contributed by atoms with Crippen molar-refractivity contribution in [2.75, 3.05) is 0 Å². The van der Waals surface area contributed by atoms with Crippen molar-refractivity contribution in [2.45, 2.75) is 13.8 Å². The third-order valence-corrected chi connectivity index (χ3v) is 5.75. The number of hydrogen-bond donors (Lipinski definition) is 2. The minimum absolute atomic E-state index is 0.176. The Labute approximate surface area is 189 Å². The molecule has 30 heavy (non-hydrogen) atoms. The Morgan fingerprint density at radius 3 is 2.60 bits per heavy atom. The number of rotatable bonds is 4. The van der Waals surface area contributed by atoms with Crippen molar-refractivity contribution in [3.8, 4) is 11.4 Å². The molecule has 1 amide bonds. The van der Waals surface area contributed by atoms with E-state index in [1.807, 2.05) is 44.2 Å². The summed E-state index contributed by atoms with van der Waals surface area (Å²) in [5.74, 6) is -0.0379. The average molecular weight is 531 g/mol. The van der Waals surface area contributed by atoms with Crippen molar-refractivity contribution in [3.63, 3.8) is 0 Å². The first-order valence-electron chi connectivity index (χ1n) is 9.04. The lowest BCUT2D eigenvalue weighted by Crippen LogP contribution is -2.16. The van der Waals surface area contributed by atoms with E-state index >= 15 is 0 Å². The van der Waals surface area contributed by atoms with Gasteiger partial charge in [0.2, 0.25) is 0 Å². The molecular weight excluding hydrogens is 514 g/mol. The molecule has 2 N–H and O–H groups in total. The zero-order valence-corrected chi connectivity index (χ0v) is 19.3. The molecule has 2 heterocycles. The summed E-state index contributed by atoms with van der Waals surface area (Å²) in [6.45, 7) is 3.96. The number of benzene rings is 2.